The molecule has 16 heavy (non-hydrogen) atoms. The van der Waals surface area contributed by atoms with E-state index in [0.29, 0.717) is 16.4 Å². The van der Waals surface area contributed by atoms with Crippen LogP contribution in [0.15, 0.2) is 9.81 Å². The number of esters is 1. The number of methoxy groups -OCH3 is 1. The highest BCUT2D eigenvalue weighted by molar-refractivity contribution is 8.22. The van der Waals surface area contributed by atoms with Gasteiger partial charge in [0, 0.05) is 12.2 Å². The first-order valence-corrected chi connectivity index (χ1v) is 6.53. The molecule has 0 spiro atoms. The molecule has 0 aromatic carbocycles. The van der Waals surface area contributed by atoms with Crippen LogP contribution in [0.25, 0.3) is 0 Å². The van der Waals surface area contributed by atoms with Crippen molar-refractivity contribution < 1.29 is 9.53 Å². The average Bonchev–Trinajstić information content (AvgIpc) is 2.30. The highest BCUT2D eigenvalue weighted by Crippen LogP contribution is 2.32. The van der Waals surface area contributed by atoms with Crippen LogP contribution >= 0.6 is 23.5 Å². The monoisotopic (exact) mass is 256 g/mol. The van der Waals surface area contributed by atoms with Gasteiger partial charge in [-0.05, 0) is 5.75 Å². The molecule has 0 atom stereocenters. The summed E-state index contributed by atoms with van der Waals surface area (Å²) in [7, 11) is 1.24. The number of hydrogen-bond donors (Lipinski definition) is 0. The summed E-state index contributed by atoms with van der Waals surface area (Å²) in [6.07, 6.45) is 0.387. The van der Waals surface area contributed by atoms with Gasteiger partial charge >= 0.3 is 5.97 Å². The van der Waals surface area contributed by atoms with Crippen LogP contribution in [0.1, 0.15) is 13.3 Å². The highest BCUT2D eigenvalue weighted by atomic mass is 32.2. The van der Waals surface area contributed by atoms with Gasteiger partial charge in [0.1, 0.15) is 6.07 Å². The zero-order chi connectivity index (χ0) is 12.4. The summed E-state index contributed by atoms with van der Waals surface area (Å²) >= 11 is 2.76. The van der Waals surface area contributed by atoms with Crippen LogP contribution in [-0.4, -0.2) is 24.6 Å². The van der Waals surface area contributed by atoms with E-state index in [-0.39, 0.29) is 5.57 Å². The van der Waals surface area contributed by atoms with E-state index >= 15 is 0 Å². The fraction of sp³-hybridized carbons (Fsp3) is 0.500. The predicted octanol–water partition coefficient (Wildman–Crippen LogP) is 2.29. The minimum atomic E-state index is -0.622. The van der Waals surface area contributed by atoms with Crippen molar-refractivity contribution in [1.29, 1.82) is 10.5 Å². The first-order valence-electron chi connectivity index (χ1n) is 4.56. The third-order valence-corrected chi connectivity index (χ3v) is 3.76. The lowest BCUT2D eigenvalue weighted by molar-refractivity contribution is -0.135. The van der Waals surface area contributed by atoms with Crippen LogP contribution in [0.4, 0.5) is 0 Å². The normalized spacial score (nSPS) is 11.0. The van der Waals surface area contributed by atoms with E-state index in [9.17, 15) is 4.79 Å². The largest absolute Gasteiger partial charge is 0.465 e. The van der Waals surface area contributed by atoms with Crippen molar-refractivity contribution in [3.05, 3.63) is 9.81 Å². The van der Waals surface area contributed by atoms with Gasteiger partial charge in [0.05, 0.1) is 17.4 Å². The molecule has 0 saturated carbocycles. The van der Waals surface area contributed by atoms with Crippen molar-refractivity contribution >= 4 is 29.5 Å². The second kappa shape index (κ2) is 9.14. The first-order chi connectivity index (χ1) is 7.71. The van der Waals surface area contributed by atoms with E-state index in [1.165, 1.54) is 30.6 Å². The molecule has 0 aliphatic rings. The van der Waals surface area contributed by atoms with Gasteiger partial charge in [0.2, 0.25) is 0 Å². The van der Waals surface area contributed by atoms with Crippen LogP contribution in [0.2, 0.25) is 0 Å². The number of hydrogen-bond acceptors (Lipinski definition) is 6. The zero-order valence-electron chi connectivity index (χ0n) is 9.15. The second-order valence-electron chi connectivity index (χ2n) is 2.46. The van der Waals surface area contributed by atoms with E-state index in [1.807, 2.05) is 19.1 Å². The maximum absolute atomic E-state index is 11.3. The molecule has 0 bridgehead atoms. The molecule has 0 aliphatic heterocycles. The van der Waals surface area contributed by atoms with Gasteiger partial charge in [-0.1, -0.05) is 6.92 Å². The van der Waals surface area contributed by atoms with Crippen LogP contribution in [0.5, 0.6) is 0 Å². The van der Waals surface area contributed by atoms with Crippen LogP contribution in [0, 0.1) is 22.7 Å². The van der Waals surface area contributed by atoms with E-state index in [1.54, 1.807) is 0 Å². The molecule has 0 amide bonds. The summed E-state index contributed by atoms with van der Waals surface area (Å²) in [5, 5.41) is 17.3. The zero-order valence-corrected chi connectivity index (χ0v) is 10.8. The summed E-state index contributed by atoms with van der Waals surface area (Å²) in [6.45, 7) is 1.93. The quantitative estimate of drug-likeness (QED) is 0.314. The van der Waals surface area contributed by atoms with Crippen molar-refractivity contribution in [3.8, 4) is 12.1 Å². The number of thioether (sulfide) groups is 2. The second-order valence-corrected chi connectivity index (χ2v) is 5.09. The van der Waals surface area contributed by atoms with E-state index in [4.69, 9.17) is 10.5 Å². The van der Waals surface area contributed by atoms with Gasteiger partial charge in [-0.15, -0.1) is 23.5 Å². The Kier molecular flexibility index (Phi) is 8.51. The Hall–Kier alpha value is -1.11. The molecular weight excluding hydrogens is 244 g/mol. The van der Waals surface area contributed by atoms with Crippen molar-refractivity contribution in [2.75, 3.05) is 18.6 Å². The van der Waals surface area contributed by atoms with Gasteiger partial charge in [-0.2, -0.15) is 10.5 Å². The molecule has 0 saturated heterocycles. The number of nitriles is 2. The molecule has 86 valence electrons. The van der Waals surface area contributed by atoms with Crippen molar-refractivity contribution in [1.82, 2.24) is 0 Å². The van der Waals surface area contributed by atoms with E-state index < -0.39 is 5.97 Å². The first kappa shape index (κ1) is 14.9. The molecular formula is C10H12N2O2S2. The Morgan fingerprint density at radius 2 is 2.06 bits per heavy atom. The Labute approximate surface area is 104 Å². The summed E-state index contributed by atoms with van der Waals surface area (Å²) in [4.78, 5) is 11.3. The fourth-order valence-corrected chi connectivity index (χ4v) is 2.91. The number of carbonyl (C=O) groups excluding carboxylic acids is 1. The maximum Gasteiger partial charge on any atom is 0.350 e. The van der Waals surface area contributed by atoms with Gasteiger partial charge in [-0.25, -0.2) is 4.79 Å². The molecule has 0 fully saturated rings. The van der Waals surface area contributed by atoms with E-state index in [2.05, 4.69) is 4.74 Å². The highest BCUT2D eigenvalue weighted by Gasteiger charge is 2.16. The molecule has 0 unspecified atom stereocenters. The number of nitrogens with zero attached hydrogens (tertiary/aromatic N) is 2. The predicted molar refractivity (Wildman–Crippen MR) is 65.5 cm³/mol. The Bertz CT molecular complexity index is 353. The lowest BCUT2D eigenvalue weighted by atomic mass is 10.3. The van der Waals surface area contributed by atoms with E-state index in [0.717, 1.165) is 5.75 Å². The standard InChI is InChI=1S/C10H12N2O2S2/c1-3-15-10(16-6-4-5-11)8(7-12)9(13)14-2/h3-4,6H2,1-2H3. The van der Waals surface area contributed by atoms with Crippen LogP contribution < -0.4 is 0 Å². The average molecular weight is 256 g/mol. The molecule has 0 heterocycles. The van der Waals surface area contributed by atoms with Gasteiger partial charge in [-0.3, -0.25) is 0 Å². The topological polar surface area (TPSA) is 73.9 Å². The molecule has 0 radical (unpaired) electrons. The van der Waals surface area contributed by atoms with Crippen LogP contribution in [-0.2, 0) is 9.53 Å². The minimum absolute atomic E-state index is 0.0253. The maximum atomic E-state index is 11.3. The molecule has 0 aromatic heterocycles. The Morgan fingerprint density at radius 3 is 2.50 bits per heavy atom. The molecule has 0 aliphatic carbocycles. The third kappa shape index (κ3) is 5.11. The smallest absolute Gasteiger partial charge is 0.350 e. The number of ether oxygens (including phenoxy) is 1. The van der Waals surface area contributed by atoms with Crippen molar-refractivity contribution in [3.63, 3.8) is 0 Å². The van der Waals surface area contributed by atoms with Gasteiger partial charge in [0.15, 0.2) is 5.57 Å². The van der Waals surface area contributed by atoms with Gasteiger partial charge < -0.3 is 4.74 Å². The van der Waals surface area contributed by atoms with Crippen LogP contribution in [0.3, 0.4) is 0 Å². The fourth-order valence-electron chi connectivity index (χ4n) is 0.783. The number of rotatable bonds is 6. The molecule has 0 rings (SSSR count). The summed E-state index contributed by atoms with van der Waals surface area (Å²) in [5.74, 6) is 0.709. The van der Waals surface area contributed by atoms with Crippen molar-refractivity contribution in [2.45, 2.75) is 13.3 Å². The summed E-state index contributed by atoms with van der Waals surface area (Å²) < 4.78 is 5.16. The molecule has 6 heteroatoms. The molecule has 0 N–H and O–H groups in total. The Morgan fingerprint density at radius 1 is 1.38 bits per heavy atom. The summed E-state index contributed by atoms with van der Waals surface area (Å²) in [5.41, 5.74) is 0.0253. The SMILES string of the molecule is CCSC(SCCC#N)=C(C#N)C(=O)OC. The lowest BCUT2D eigenvalue weighted by Crippen LogP contribution is -2.04. The Balaban J connectivity index is 4.81. The lowest BCUT2D eigenvalue weighted by Gasteiger charge is -2.06. The summed E-state index contributed by atoms with van der Waals surface area (Å²) in [6, 6.07) is 3.86. The van der Waals surface area contributed by atoms with Gasteiger partial charge in [0.25, 0.3) is 0 Å². The number of carbonyl (C=O) groups is 1. The minimum Gasteiger partial charge on any atom is -0.465 e. The van der Waals surface area contributed by atoms with Crippen molar-refractivity contribution in [2.24, 2.45) is 0 Å². The molecule has 4 nitrogen and oxygen atoms in total. The third-order valence-electron chi connectivity index (χ3n) is 1.43. The molecule has 0 aromatic rings.